The van der Waals surface area contributed by atoms with Gasteiger partial charge >= 0.3 is 5.69 Å². The Hall–Kier alpha value is -2.02. The Morgan fingerprint density at radius 3 is 2.48 bits per heavy atom. The molecule has 0 saturated heterocycles. The Balaban J connectivity index is 1.92. The highest BCUT2D eigenvalue weighted by atomic mass is 32.2. The molecule has 0 aliphatic rings. The van der Waals surface area contributed by atoms with Crippen LogP contribution in [0.4, 0.5) is 0 Å². The summed E-state index contributed by atoms with van der Waals surface area (Å²) in [6.07, 6.45) is 1.61. The third-order valence-electron chi connectivity index (χ3n) is 3.97. The highest BCUT2D eigenvalue weighted by molar-refractivity contribution is 7.99. The molecule has 6 nitrogen and oxygen atoms in total. The Morgan fingerprint density at radius 2 is 1.85 bits per heavy atom. The van der Waals surface area contributed by atoms with Crippen LogP contribution in [-0.4, -0.2) is 32.0 Å². The number of rotatable bonds is 8. The van der Waals surface area contributed by atoms with Gasteiger partial charge < -0.3 is 5.32 Å². The summed E-state index contributed by atoms with van der Waals surface area (Å²) in [6.45, 7) is 11.1. The van der Waals surface area contributed by atoms with Crippen molar-refractivity contribution in [1.29, 1.82) is 0 Å². The molecule has 7 heteroatoms. The maximum Gasteiger partial charge on any atom is 0.343 e. The highest BCUT2D eigenvalue weighted by Gasteiger charge is 2.27. The van der Waals surface area contributed by atoms with Crippen LogP contribution in [0, 0.1) is 5.41 Å². The second kappa shape index (κ2) is 8.78. The number of nitrogens with one attached hydrogen (secondary N) is 2. The number of nitrogens with zero attached hydrogens (tertiary/aromatic N) is 2. The van der Waals surface area contributed by atoms with Crippen molar-refractivity contribution in [2.75, 3.05) is 5.75 Å². The van der Waals surface area contributed by atoms with Gasteiger partial charge in [0, 0.05) is 12.1 Å². The van der Waals surface area contributed by atoms with E-state index in [0.717, 1.165) is 18.4 Å². The van der Waals surface area contributed by atoms with Crippen molar-refractivity contribution in [3.63, 3.8) is 0 Å². The van der Waals surface area contributed by atoms with Crippen LogP contribution in [0.5, 0.6) is 0 Å². The molecular weight excluding hydrogens is 360 g/mol. The minimum atomic E-state index is -0.283. The number of hydrogen-bond donors (Lipinski definition) is 2. The van der Waals surface area contributed by atoms with Crippen LogP contribution in [0.3, 0.4) is 0 Å². The number of aromatic nitrogens is 3. The summed E-state index contributed by atoms with van der Waals surface area (Å²) in [6, 6.07) is 9.99. The van der Waals surface area contributed by atoms with Crippen LogP contribution < -0.4 is 11.0 Å². The molecule has 1 aromatic carbocycles. The summed E-state index contributed by atoms with van der Waals surface area (Å²) in [4.78, 5) is 24.4. The SMILES string of the molecule is CC(C)(C)CC(C)(C)NC(=O)CSc1n[nH]c(=O)n1CCc1ccccc1. The molecule has 0 saturated carbocycles. The Kier molecular flexibility index (Phi) is 6.92. The predicted molar refractivity (Wildman–Crippen MR) is 110 cm³/mol. The predicted octanol–water partition coefficient (Wildman–Crippen LogP) is 3.24. The van der Waals surface area contributed by atoms with Crippen LogP contribution >= 0.6 is 11.8 Å². The number of hydrogen-bond acceptors (Lipinski definition) is 4. The smallest absolute Gasteiger partial charge is 0.343 e. The first-order valence-corrected chi connectivity index (χ1v) is 10.2. The Labute approximate surface area is 165 Å². The molecule has 2 N–H and O–H groups in total. The number of thioether (sulfide) groups is 1. The molecule has 1 heterocycles. The lowest BCUT2D eigenvalue weighted by atomic mass is 9.82. The average molecular weight is 391 g/mol. The third kappa shape index (κ3) is 7.25. The number of carbonyl (C=O) groups is 1. The van der Waals surface area contributed by atoms with Crippen molar-refractivity contribution in [3.05, 3.63) is 46.4 Å². The molecule has 0 unspecified atom stereocenters. The molecule has 0 atom stereocenters. The minimum absolute atomic E-state index is 0.0562. The molecule has 0 fully saturated rings. The van der Waals surface area contributed by atoms with E-state index >= 15 is 0 Å². The van der Waals surface area contributed by atoms with Gasteiger partial charge in [-0.05, 0) is 37.7 Å². The maximum absolute atomic E-state index is 12.4. The topological polar surface area (TPSA) is 79.8 Å². The number of benzene rings is 1. The van der Waals surface area contributed by atoms with Gasteiger partial charge in [-0.25, -0.2) is 9.89 Å². The van der Waals surface area contributed by atoms with E-state index in [1.54, 1.807) is 4.57 Å². The van der Waals surface area contributed by atoms with Gasteiger partial charge in [0.05, 0.1) is 5.75 Å². The molecule has 2 rings (SSSR count). The van der Waals surface area contributed by atoms with Crippen LogP contribution in [-0.2, 0) is 17.8 Å². The number of aryl methyl sites for hydroxylation is 1. The zero-order valence-corrected chi connectivity index (χ0v) is 17.7. The molecule has 0 radical (unpaired) electrons. The lowest BCUT2D eigenvalue weighted by Gasteiger charge is -2.33. The van der Waals surface area contributed by atoms with E-state index in [1.165, 1.54) is 11.8 Å². The largest absolute Gasteiger partial charge is 0.350 e. The summed E-state index contributed by atoms with van der Waals surface area (Å²) >= 11 is 1.28. The minimum Gasteiger partial charge on any atom is -0.350 e. The summed E-state index contributed by atoms with van der Waals surface area (Å²) in [5.74, 6) is 0.169. The number of H-pyrrole nitrogens is 1. The molecule has 2 aromatic rings. The van der Waals surface area contributed by atoms with Gasteiger partial charge in [-0.15, -0.1) is 5.10 Å². The molecule has 0 spiro atoms. The van der Waals surface area contributed by atoms with E-state index in [-0.39, 0.29) is 28.3 Å². The number of carbonyl (C=O) groups excluding carboxylic acids is 1. The molecule has 1 aromatic heterocycles. The van der Waals surface area contributed by atoms with E-state index in [9.17, 15) is 9.59 Å². The van der Waals surface area contributed by atoms with Crippen molar-refractivity contribution in [3.8, 4) is 0 Å². The second-order valence-corrected chi connectivity index (χ2v) is 9.60. The maximum atomic E-state index is 12.4. The lowest BCUT2D eigenvalue weighted by Crippen LogP contribution is -2.46. The molecule has 1 amide bonds. The Morgan fingerprint density at radius 1 is 1.19 bits per heavy atom. The first kappa shape index (κ1) is 21.3. The van der Waals surface area contributed by atoms with E-state index in [0.29, 0.717) is 11.7 Å². The van der Waals surface area contributed by atoms with Crippen LogP contribution in [0.25, 0.3) is 0 Å². The van der Waals surface area contributed by atoms with Crippen molar-refractivity contribution in [1.82, 2.24) is 20.1 Å². The normalized spacial score (nSPS) is 12.2. The zero-order chi connectivity index (χ0) is 20.1. The molecule has 0 bridgehead atoms. The fraction of sp³-hybridized carbons (Fsp3) is 0.550. The van der Waals surface area contributed by atoms with Gasteiger partial charge in [-0.2, -0.15) is 0 Å². The quantitative estimate of drug-likeness (QED) is 0.678. The first-order valence-electron chi connectivity index (χ1n) is 9.19. The number of aromatic amines is 1. The van der Waals surface area contributed by atoms with E-state index < -0.39 is 0 Å². The Bertz CT molecular complexity index is 803. The fourth-order valence-electron chi connectivity index (χ4n) is 3.41. The van der Waals surface area contributed by atoms with Crippen molar-refractivity contribution in [2.24, 2.45) is 5.41 Å². The van der Waals surface area contributed by atoms with E-state index in [1.807, 2.05) is 44.2 Å². The van der Waals surface area contributed by atoms with E-state index in [2.05, 4.69) is 36.3 Å². The molecular formula is C20H30N4O2S. The van der Waals surface area contributed by atoms with Gasteiger partial charge in [0.2, 0.25) is 5.91 Å². The molecule has 27 heavy (non-hydrogen) atoms. The third-order valence-corrected chi connectivity index (χ3v) is 4.95. The highest BCUT2D eigenvalue weighted by Crippen LogP contribution is 2.27. The standard InChI is InChI=1S/C20H30N4O2S/c1-19(2,3)14-20(4,5)21-16(25)13-27-18-23-22-17(26)24(18)12-11-15-9-7-6-8-10-15/h6-10H,11-14H2,1-5H3,(H,21,25)(H,22,26). The van der Waals surface area contributed by atoms with Crippen LogP contribution in [0.15, 0.2) is 40.3 Å². The van der Waals surface area contributed by atoms with Gasteiger partial charge in [-0.1, -0.05) is 62.9 Å². The van der Waals surface area contributed by atoms with Crippen LogP contribution in [0.2, 0.25) is 0 Å². The lowest BCUT2D eigenvalue weighted by molar-refractivity contribution is -0.120. The summed E-state index contributed by atoms with van der Waals surface area (Å²) < 4.78 is 1.59. The van der Waals surface area contributed by atoms with Gasteiger partial charge in [0.25, 0.3) is 0 Å². The van der Waals surface area contributed by atoms with E-state index in [4.69, 9.17) is 0 Å². The molecule has 0 aliphatic heterocycles. The van der Waals surface area contributed by atoms with Crippen molar-refractivity contribution in [2.45, 2.75) is 64.7 Å². The molecule has 148 valence electrons. The van der Waals surface area contributed by atoms with Crippen LogP contribution in [0.1, 0.15) is 46.6 Å². The van der Waals surface area contributed by atoms with Gasteiger partial charge in [0.1, 0.15) is 0 Å². The summed E-state index contributed by atoms with van der Waals surface area (Å²) in [5.41, 5.74) is 0.753. The second-order valence-electron chi connectivity index (χ2n) is 8.66. The average Bonchev–Trinajstić information content (AvgIpc) is 2.89. The zero-order valence-electron chi connectivity index (χ0n) is 16.8. The van der Waals surface area contributed by atoms with Gasteiger partial charge in [-0.3, -0.25) is 9.36 Å². The number of amides is 1. The monoisotopic (exact) mass is 390 g/mol. The summed E-state index contributed by atoms with van der Waals surface area (Å²) in [5, 5.41) is 10.2. The molecule has 0 aliphatic carbocycles. The van der Waals surface area contributed by atoms with Crippen molar-refractivity contribution >= 4 is 17.7 Å². The first-order chi connectivity index (χ1) is 12.6. The van der Waals surface area contributed by atoms with Crippen molar-refractivity contribution < 1.29 is 4.79 Å². The fourth-order valence-corrected chi connectivity index (χ4v) is 4.18. The summed E-state index contributed by atoms with van der Waals surface area (Å²) in [7, 11) is 0. The van der Waals surface area contributed by atoms with Gasteiger partial charge in [0.15, 0.2) is 5.16 Å².